The average Bonchev–Trinajstić information content (AvgIpc) is 2.27. The molecule has 0 unspecified atom stereocenters. The Hall–Kier alpha value is -1.59. The minimum Gasteiger partial charge on any atom is -0.465 e. The van der Waals surface area contributed by atoms with E-state index in [1.165, 1.54) is 7.11 Å². The first-order chi connectivity index (χ1) is 7.56. The molecule has 0 aliphatic heterocycles. The number of hydrogen-bond donors (Lipinski definition) is 1. The van der Waals surface area contributed by atoms with Crippen LogP contribution in [0.2, 0.25) is 0 Å². The fourth-order valence-corrected chi connectivity index (χ4v) is 1.13. The van der Waals surface area contributed by atoms with Crippen molar-refractivity contribution in [1.29, 1.82) is 0 Å². The second kappa shape index (κ2) is 7.67. The molecule has 0 aliphatic carbocycles. The summed E-state index contributed by atoms with van der Waals surface area (Å²) in [5.41, 5.74) is 2.65. The topological polar surface area (TPSA) is 77.0 Å². The predicted octanol–water partition coefficient (Wildman–Crippen LogP) is 1.31. The minimum atomic E-state index is -0.668. The fourth-order valence-electron chi connectivity index (χ4n) is 1.13. The summed E-state index contributed by atoms with van der Waals surface area (Å²) in [5.74, 6) is -0.768. The van der Waals surface area contributed by atoms with Gasteiger partial charge < -0.3 is 9.47 Å². The Balaban J connectivity index is 4.45. The Labute approximate surface area is 95.0 Å². The summed E-state index contributed by atoms with van der Waals surface area (Å²) < 4.78 is 9.23. The van der Waals surface area contributed by atoms with Gasteiger partial charge in [0.05, 0.1) is 19.6 Å². The molecule has 6 nitrogen and oxygen atoms in total. The molecule has 0 spiro atoms. The van der Waals surface area contributed by atoms with E-state index in [0.717, 1.165) is 0 Å². The number of amides is 1. The van der Waals surface area contributed by atoms with Crippen LogP contribution in [0.1, 0.15) is 27.2 Å². The summed E-state index contributed by atoms with van der Waals surface area (Å²) in [6.07, 6.45) is -0.102. The number of hydrogen-bond acceptors (Lipinski definition) is 5. The normalized spacial score (nSPS) is 12.9. The van der Waals surface area contributed by atoms with Crippen LogP contribution in [0.5, 0.6) is 0 Å². The van der Waals surface area contributed by atoms with Gasteiger partial charge in [0.2, 0.25) is 0 Å². The Morgan fingerprint density at radius 3 is 2.44 bits per heavy atom. The van der Waals surface area contributed by atoms with Crippen LogP contribution < -0.4 is 5.43 Å². The van der Waals surface area contributed by atoms with Crippen molar-refractivity contribution in [2.24, 2.45) is 11.0 Å². The molecule has 1 N–H and O–H groups in total. The molecule has 0 saturated heterocycles. The van der Waals surface area contributed by atoms with E-state index >= 15 is 0 Å². The maximum atomic E-state index is 11.5. The van der Waals surface area contributed by atoms with E-state index in [4.69, 9.17) is 4.74 Å². The number of nitrogens with one attached hydrogen (secondary N) is 1. The molecule has 0 aliphatic rings. The number of carbonyl (C=O) groups is 2. The molecular weight excluding hydrogens is 212 g/mol. The predicted molar refractivity (Wildman–Crippen MR) is 59.1 cm³/mol. The zero-order valence-electron chi connectivity index (χ0n) is 10.1. The van der Waals surface area contributed by atoms with Gasteiger partial charge in [-0.25, -0.2) is 10.2 Å². The molecule has 0 aromatic heterocycles. The molecular formula is C10H18N2O4. The lowest BCUT2D eigenvalue weighted by atomic mass is 10.0. The van der Waals surface area contributed by atoms with Crippen molar-refractivity contribution in [3.8, 4) is 0 Å². The summed E-state index contributed by atoms with van der Waals surface area (Å²) >= 11 is 0. The number of esters is 1. The van der Waals surface area contributed by atoms with Crippen LogP contribution in [0, 0.1) is 5.92 Å². The zero-order valence-corrected chi connectivity index (χ0v) is 10.1. The monoisotopic (exact) mass is 230 g/mol. The largest absolute Gasteiger partial charge is 0.465 e. The number of nitrogens with zero attached hydrogens (tertiary/aromatic N) is 1. The standard InChI is InChI=1S/C10H18N2O4/c1-5-8(9(13)16-6-2)7(3)11-12-10(14)15-4/h8H,5-6H2,1-4H3,(H,12,14)/b11-7+/t8-/m0/s1. The van der Waals surface area contributed by atoms with Crippen molar-refractivity contribution in [3.05, 3.63) is 0 Å². The number of ether oxygens (including phenoxy) is 2. The van der Waals surface area contributed by atoms with Gasteiger partial charge in [0, 0.05) is 5.71 Å². The summed E-state index contributed by atoms with van der Waals surface area (Å²) in [6, 6.07) is 0. The molecule has 6 heteroatoms. The van der Waals surface area contributed by atoms with E-state index in [9.17, 15) is 9.59 Å². The van der Waals surface area contributed by atoms with Crippen LogP contribution in [0.25, 0.3) is 0 Å². The first kappa shape index (κ1) is 14.4. The minimum absolute atomic E-state index is 0.326. The summed E-state index contributed by atoms with van der Waals surface area (Å²) in [6.45, 7) is 5.57. The van der Waals surface area contributed by atoms with Crippen molar-refractivity contribution < 1.29 is 19.1 Å². The van der Waals surface area contributed by atoms with E-state index in [0.29, 0.717) is 18.7 Å². The van der Waals surface area contributed by atoms with Gasteiger partial charge >= 0.3 is 12.1 Å². The van der Waals surface area contributed by atoms with Gasteiger partial charge in [0.1, 0.15) is 0 Å². The van der Waals surface area contributed by atoms with E-state index in [2.05, 4.69) is 15.3 Å². The Bertz CT molecular complexity index is 276. The van der Waals surface area contributed by atoms with Gasteiger partial charge in [-0.05, 0) is 20.3 Å². The third-order valence-corrected chi connectivity index (χ3v) is 1.99. The lowest BCUT2D eigenvalue weighted by molar-refractivity contribution is -0.145. The molecule has 0 bridgehead atoms. The molecule has 0 rings (SSSR count). The van der Waals surface area contributed by atoms with E-state index in [1.54, 1.807) is 13.8 Å². The van der Waals surface area contributed by atoms with Gasteiger partial charge in [-0.1, -0.05) is 6.92 Å². The molecule has 0 heterocycles. The van der Waals surface area contributed by atoms with Crippen molar-refractivity contribution in [2.45, 2.75) is 27.2 Å². The molecule has 92 valence electrons. The highest BCUT2D eigenvalue weighted by Gasteiger charge is 2.21. The van der Waals surface area contributed by atoms with Gasteiger partial charge in [0.25, 0.3) is 0 Å². The zero-order chi connectivity index (χ0) is 12.6. The van der Waals surface area contributed by atoms with Crippen LogP contribution >= 0.6 is 0 Å². The summed E-state index contributed by atoms with van der Waals surface area (Å²) in [4.78, 5) is 22.2. The average molecular weight is 230 g/mol. The number of carbonyl (C=O) groups excluding carboxylic acids is 2. The Morgan fingerprint density at radius 1 is 1.38 bits per heavy atom. The quantitative estimate of drug-likeness (QED) is 0.439. The van der Waals surface area contributed by atoms with Crippen molar-refractivity contribution >= 4 is 17.8 Å². The van der Waals surface area contributed by atoms with E-state index < -0.39 is 12.0 Å². The van der Waals surface area contributed by atoms with Crippen molar-refractivity contribution in [2.75, 3.05) is 13.7 Å². The van der Waals surface area contributed by atoms with Gasteiger partial charge in [0.15, 0.2) is 0 Å². The van der Waals surface area contributed by atoms with E-state index in [1.807, 2.05) is 6.92 Å². The van der Waals surface area contributed by atoms with Crippen LogP contribution in [0.3, 0.4) is 0 Å². The fraction of sp³-hybridized carbons (Fsp3) is 0.700. The number of rotatable bonds is 5. The maximum Gasteiger partial charge on any atom is 0.427 e. The van der Waals surface area contributed by atoms with Gasteiger partial charge in [-0.2, -0.15) is 5.10 Å². The number of methoxy groups -OCH3 is 1. The highest BCUT2D eigenvalue weighted by atomic mass is 16.5. The Morgan fingerprint density at radius 2 is 2.00 bits per heavy atom. The van der Waals surface area contributed by atoms with E-state index in [-0.39, 0.29) is 5.97 Å². The second-order valence-electron chi connectivity index (χ2n) is 3.07. The van der Waals surface area contributed by atoms with Gasteiger partial charge in [-0.15, -0.1) is 0 Å². The van der Waals surface area contributed by atoms with Crippen LogP contribution in [0.4, 0.5) is 4.79 Å². The third kappa shape index (κ3) is 4.77. The summed E-state index contributed by atoms with van der Waals surface area (Å²) in [7, 11) is 1.24. The molecule has 0 saturated carbocycles. The van der Waals surface area contributed by atoms with Crippen LogP contribution in [-0.2, 0) is 14.3 Å². The lowest BCUT2D eigenvalue weighted by Gasteiger charge is -2.12. The molecule has 0 fully saturated rings. The lowest BCUT2D eigenvalue weighted by Crippen LogP contribution is -2.27. The molecule has 16 heavy (non-hydrogen) atoms. The van der Waals surface area contributed by atoms with Crippen LogP contribution in [0.15, 0.2) is 5.10 Å². The second-order valence-corrected chi connectivity index (χ2v) is 3.07. The summed E-state index contributed by atoms with van der Waals surface area (Å²) in [5, 5.41) is 3.76. The number of hydrazone groups is 1. The molecule has 1 atom stereocenters. The Kier molecular flexibility index (Phi) is 6.91. The molecule has 0 aromatic carbocycles. The third-order valence-electron chi connectivity index (χ3n) is 1.99. The van der Waals surface area contributed by atoms with Crippen molar-refractivity contribution in [1.82, 2.24) is 5.43 Å². The molecule has 0 radical (unpaired) electrons. The van der Waals surface area contributed by atoms with Crippen LogP contribution in [-0.4, -0.2) is 31.5 Å². The smallest absolute Gasteiger partial charge is 0.427 e. The highest BCUT2D eigenvalue weighted by Crippen LogP contribution is 2.07. The first-order valence-corrected chi connectivity index (χ1v) is 5.11. The van der Waals surface area contributed by atoms with Crippen molar-refractivity contribution in [3.63, 3.8) is 0 Å². The molecule has 0 aromatic rings. The first-order valence-electron chi connectivity index (χ1n) is 5.11. The maximum absolute atomic E-state index is 11.5. The molecule has 1 amide bonds. The highest BCUT2D eigenvalue weighted by molar-refractivity contribution is 6.01. The SMILES string of the molecule is CCOC(=O)[C@@H](CC)/C(C)=N/NC(=O)OC. The van der Waals surface area contributed by atoms with Gasteiger partial charge in [-0.3, -0.25) is 4.79 Å².